The fourth-order valence-corrected chi connectivity index (χ4v) is 6.75. The molecule has 0 fully saturated rings. The minimum Gasteiger partial charge on any atom is -0.344 e. The van der Waals surface area contributed by atoms with Crippen molar-refractivity contribution >= 4 is 15.7 Å². The van der Waals surface area contributed by atoms with Gasteiger partial charge in [0, 0.05) is 6.54 Å². The predicted molar refractivity (Wildman–Crippen MR) is 145 cm³/mol. The van der Waals surface area contributed by atoms with E-state index in [2.05, 4.69) is 48.1 Å². The molecular weight excluding hydrogens is 466 g/mol. The number of hydrogen-bond acceptors (Lipinski definition) is 4. The second-order valence-corrected chi connectivity index (χ2v) is 12.6. The summed E-state index contributed by atoms with van der Waals surface area (Å²) >= 11 is 0. The van der Waals surface area contributed by atoms with Gasteiger partial charge in [-0.05, 0) is 50.8 Å². The number of aryl methyl sites for hydroxylation is 1. The zero-order valence-electron chi connectivity index (χ0n) is 21.3. The van der Waals surface area contributed by atoms with E-state index < -0.39 is 15.1 Å². The van der Waals surface area contributed by atoms with Crippen LogP contribution in [0.4, 0.5) is 5.82 Å². The highest BCUT2D eigenvalue weighted by atomic mass is 32.2. The molecule has 3 aromatic carbocycles. The molecule has 1 aromatic heterocycles. The van der Waals surface area contributed by atoms with Gasteiger partial charge in [0.25, 0.3) is 0 Å². The first-order chi connectivity index (χ1) is 17.2. The molecule has 6 heteroatoms. The highest BCUT2D eigenvalue weighted by molar-refractivity contribution is 7.91. The summed E-state index contributed by atoms with van der Waals surface area (Å²) in [7, 11) is -3.71. The van der Waals surface area contributed by atoms with Gasteiger partial charge in [-0.3, -0.25) is 0 Å². The van der Waals surface area contributed by atoms with Crippen molar-refractivity contribution in [3.63, 3.8) is 0 Å². The maximum Gasteiger partial charge on any atom is 0.190 e. The number of sulfone groups is 1. The molecule has 5 rings (SSSR count). The summed E-state index contributed by atoms with van der Waals surface area (Å²) in [5, 5.41) is 3.99. The molecule has 5 nitrogen and oxygen atoms in total. The van der Waals surface area contributed by atoms with Crippen LogP contribution in [0.25, 0.3) is 0 Å². The molecule has 4 aromatic rings. The second-order valence-electron chi connectivity index (χ2n) is 10.4. The molecule has 1 aliphatic heterocycles. The molecule has 0 spiro atoms. The van der Waals surface area contributed by atoms with Crippen molar-refractivity contribution in [1.82, 2.24) is 9.78 Å². The Hall–Kier alpha value is -3.38. The van der Waals surface area contributed by atoms with Gasteiger partial charge >= 0.3 is 0 Å². The predicted octanol–water partition coefficient (Wildman–Crippen LogP) is 6.61. The lowest BCUT2D eigenvalue weighted by atomic mass is 9.87. The Morgan fingerprint density at radius 3 is 2.19 bits per heavy atom. The summed E-state index contributed by atoms with van der Waals surface area (Å²) in [6, 6.07) is 28.4. The van der Waals surface area contributed by atoms with Crippen LogP contribution in [0.15, 0.2) is 96.0 Å². The Morgan fingerprint density at radius 2 is 1.56 bits per heavy atom. The van der Waals surface area contributed by atoms with Crippen LogP contribution in [-0.2, 0) is 21.9 Å². The molecule has 2 atom stereocenters. The Balaban J connectivity index is 1.67. The smallest absolute Gasteiger partial charge is 0.190 e. The van der Waals surface area contributed by atoms with Crippen LogP contribution in [0.1, 0.15) is 60.7 Å². The molecule has 36 heavy (non-hydrogen) atoms. The maximum absolute atomic E-state index is 14.1. The number of aromatic nitrogens is 2. The Kier molecular flexibility index (Phi) is 6.25. The minimum absolute atomic E-state index is 0.00855. The van der Waals surface area contributed by atoms with Gasteiger partial charge in [-0.25, -0.2) is 13.1 Å². The molecule has 0 aliphatic carbocycles. The number of hydrogen-bond donors (Lipinski definition) is 0. The molecule has 0 N–H and O–H groups in total. The molecule has 0 amide bonds. The van der Waals surface area contributed by atoms with E-state index in [4.69, 9.17) is 0 Å². The number of benzene rings is 3. The molecule has 1 aliphatic rings. The van der Waals surface area contributed by atoms with Gasteiger partial charge in [-0.1, -0.05) is 90.5 Å². The summed E-state index contributed by atoms with van der Waals surface area (Å²) in [4.78, 5) is 2.53. The first kappa shape index (κ1) is 24.3. The lowest BCUT2D eigenvalue weighted by molar-refractivity contribution is 0.238. The molecule has 0 bridgehead atoms. The molecule has 0 radical (unpaired) electrons. The normalized spacial score (nSPS) is 18.0. The highest BCUT2D eigenvalue weighted by Crippen LogP contribution is 2.47. The van der Waals surface area contributed by atoms with Crippen LogP contribution >= 0.6 is 0 Å². The topological polar surface area (TPSA) is 55.2 Å². The number of fused-ring (bicyclic) bond motifs is 1. The first-order valence-electron chi connectivity index (χ1n) is 12.4. The number of anilines is 1. The first-order valence-corrected chi connectivity index (χ1v) is 14.0. The van der Waals surface area contributed by atoms with Gasteiger partial charge in [0.15, 0.2) is 9.84 Å². The van der Waals surface area contributed by atoms with Gasteiger partial charge in [-0.2, -0.15) is 5.10 Å². The summed E-state index contributed by atoms with van der Waals surface area (Å²) < 4.78 is 30.2. The average molecular weight is 500 g/mol. The van der Waals surface area contributed by atoms with Crippen LogP contribution in [0.3, 0.4) is 0 Å². The van der Waals surface area contributed by atoms with Gasteiger partial charge in [0.2, 0.25) is 0 Å². The summed E-state index contributed by atoms with van der Waals surface area (Å²) in [6.07, 6.45) is 2.37. The number of rotatable bonds is 6. The lowest BCUT2D eigenvalue weighted by Gasteiger charge is -2.45. The fraction of sp³-hybridized carbons (Fsp3) is 0.300. The summed E-state index contributed by atoms with van der Waals surface area (Å²) in [5.74, 6) is 0.669. The highest BCUT2D eigenvalue weighted by Gasteiger charge is 2.43. The van der Waals surface area contributed by atoms with E-state index in [0.29, 0.717) is 17.3 Å². The zero-order valence-corrected chi connectivity index (χ0v) is 22.1. The van der Waals surface area contributed by atoms with E-state index in [0.717, 1.165) is 23.1 Å². The maximum atomic E-state index is 14.1. The van der Waals surface area contributed by atoms with Crippen molar-refractivity contribution in [1.29, 1.82) is 0 Å². The van der Waals surface area contributed by atoms with Crippen LogP contribution < -0.4 is 4.90 Å². The van der Waals surface area contributed by atoms with Crippen molar-refractivity contribution in [3.8, 4) is 0 Å². The van der Waals surface area contributed by atoms with Gasteiger partial charge < -0.3 is 4.90 Å². The molecular formula is C30H33N3O2S. The van der Waals surface area contributed by atoms with E-state index in [1.807, 2.05) is 72.3 Å². The van der Waals surface area contributed by atoms with E-state index >= 15 is 0 Å². The molecule has 0 saturated heterocycles. The van der Waals surface area contributed by atoms with E-state index in [9.17, 15) is 8.42 Å². The third-order valence-electron chi connectivity index (χ3n) is 7.32. The SMILES string of the molecule is Cc1ccc(C(C)S(=O)(=O)c2cnn3c2N(Cc2ccccc2)C(c2ccccc2)CC3(C)C)cc1. The summed E-state index contributed by atoms with van der Waals surface area (Å²) in [6.45, 7) is 8.64. The monoisotopic (exact) mass is 499 g/mol. The largest absolute Gasteiger partial charge is 0.344 e. The Morgan fingerprint density at radius 1 is 0.944 bits per heavy atom. The minimum atomic E-state index is -3.71. The van der Waals surface area contributed by atoms with E-state index in [1.165, 1.54) is 5.56 Å². The van der Waals surface area contributed by atoms with Crippen LogP contribution in [0.5, 0.6) is 0 Å². The van der Waals surface area contributed by atoms with Crippen molar-refractivity contribution in [2.24, 2.45) is 0 Å². The van der Waals surface area contributed by atoms with E-state index in [-0.39, 0.29) is 11.6 Å². The van der Waals surface area contributed by atoms with Crippen molar-refractivity contribution in [3.05, 3.63) is 113 Å². The number of nitrogens with zero attached hydrogens (tertiary/aromatic N) is 3. The van der Waals surface area contributed by atoms with Gasteiger partial charge in [0.1, 0.15) is 10.7 Å². The zero-order chi connectivity index (χ0) is 25.5. The molecule has 2 heterocycles. The van der Waals surface area contributed by atoms with E-state index in [1.54, 1.807) is 13.1 Å². The average Bonchev–Trinajstić information content (AvgIpc) is 3.35. The Bertz CT molecular complexity index is 1440. The molecule has 186 valence electrons. The van der Waals surface area contributed by atoms with Crippen LogP contribution in [0.2, 0.25) is 0 Å². The van der Waals surface area contributed by atoms with Gasteiger partial charge in [-0.15, -0.1) is 0 Å². The van der Waals surface area contributed by atoms with Crippen molar-refractivity contribution in [2.75, 3.05) is 4.90 Å². The second kappa shape index (κ2) is 9.25. The Labute approximate surface area is 214 Å². The third-order valence-corrected chi connectivity index (χ3v) is 9.43. The standard InChI is InChI=1S/C30H33N3O2S/c1-22-15-17-25(18-16-22)23(2)36(34,35)28-20-31-33-29(28)32(21-24-11-7-5-8-12-24)27(19-30(33,3)4)26-13-9-6-10-14-26/h5-18,20,23,27H,19,21H2,1-4H3. The molecule has 0 saturated carbocycles. The van der Waals surface area contributed by atoms with Gasteiger partial charge in [0.05, 0.1) is 23.0 Å². The van der Waals surface area contributed by atoms with Crippen LogP contribution in [-0.4, -0.2) is 18.2 Å². The lowest BCUT2D eigenvalue weighted by Crippen LogP contribution is -2.44. The quantitative estimate of drug-likeness (QED) is 0.299. The fourth-order valence-electron chi connectivity index (χ4n) is 5.20. The van der Waals surface area contributed by atoms with Crippen LogP contribution in [0, 0.1) is 6.92 Å². The van der Waals surface area contributed by atoms with Crippen molar-refractivity contribution < 1.29 is 8.42 Å². The molecule has 2 unspecified atom stereocenters. The third kappa shape index (κ3) is 4.35. The summed E-state index contributed by atoms with van der Waals surface area (Å²) in [5.41, 5.74) is 3.83. The van der Waals surface area contributed by atoms with Crippen molar-refractivity contribution in [2.45, 2.75) is 62.4 Å².